The van der Waals surface area contributed by atoms with Crippen molar-refractivity contribution in [1.82, 2.24) is 20.1 Å². The molecule has 0 spiro atoms. The first kappa shape index (κ1) is 17.9. The van der Waals surface area contributed by atoms with Crippen molar-refractivity contribution in [3.05, 3.63) is 89.4 Å². The molecule has 0 saturated carbocycles. The highest BCUT2D eigenvalue weighted by atomic mass is 19.1. The molecule has 4 nitrogen and oxygen atoms in total. The topological polar surface area (TPSA) is 42.7 Å². The molecular weight excluding hydrogens is 370 g/mol. The second-order valence-electron chi connectivity index (χ2n) is 7.40. The van der Waals surface area contributed by atoms with E-state index >= 15 is 0 Å². The number of rotatable bonds is 4. The van der Waals surface area contributed by atoms with Gasteiger partial charge in [0.1, 0.15) is 11.6 Å². The lowest BCUT2D eigenvalue weighted by atomic mass is 9.92. The van der Waals surface area contributed by atoms with Crippen molar-refractivity contribution in [3.63, 3.8) is 0 Å². The molecule has 1 atom stereocenters. The Morgan fingerprint density at radius 3 is 2.79 bits per heavy atom. The standard InChI is InChI=1S/C23H20F2N4/c24-16-10-17(25)12-18(11-16)29-23-8-2-7-22(20(23)14-28-29)27-13-15-4-1-6-21-19(15)5-3-9-26-21/h1,3-6,9-12,14,22,27H,2,7-8,13H2/t22-/m0/s1. The summed E-state index contributed by atoms with van der Waals surface area (Å²) in [7, 11) is 0. The Balaban J connectivity index is 1.42. The first-order valence-corrected chi connectivity index (χ1v) is 9.78. The maximum absolute atomic E-state index is 13.7. The molecule has 5 rings (SSSR count). The molecule has 0 radical (unpaired) electrons. The van der Waals surface area contributed by atoms with Crippen molar-refractivity contribution in [1.29, 1.82) is 0 Å². The molecule has 2 aromatic carbocycles. The van der Waals surface area contributed by atoms with E-state index in [2.05, 4.69) is 27.5 Å². The number of nitrogens with one attached hydrogen (secondary N) is 1. The van der Waals surface area contributed by atoms with Gasteiger partial charge >= 0.3 is 0 Å². The predicted octanol–water partition coefficient (Wildman–Crippen LogP) is 4.87. The number of fused-ring (bicyclic) bond motifs is 2. The van der Waals surface area contributed by atoms with Gasteiger partial charge in [-0.3, -0.25) is 4.98 Å². The maximum atomic E-state index is 13.7. The molecule has 1 aliphatic carbocycles. The Kier molecular flexibility index (Phi) is 4.56. The van der Waals surface area contributed by atoms with E-state index in [9.17, 15) is 8.78 Å². The fourth-order valence-corrected chi connectivity index (χ4v) is 4.21. The molecule has 0 unspecified atom stereocenters. The van der Waals surface area contributed by atoms with E-state index in [0.29, 0.717) is 12.2 Å². The number of halogens is 2. The van der Waals surface area contributed by atoms with Crippen molar-refractivity contribution in [3.8, 4) is 5.69 Å². The predicted molar refractivity (Wildman–Crippen MR) is 108 cm³/mol. The molecule has 146 valence electrons. The van der Waals surface area contributed by atoms with Gasteiger partial charge in [0.15, 0.2) is 0 Å². The number of hydrogen-bond acceptors (Lipinski definition) is 3. The molecule has 0 bridgehead atoms. The molecule has 0 aliphatic heterocycles. The summed E-state index contributed by atoms with van der Waals surface area (Å²) in [4.78, 5) is 4.42. The van der Waals surface area contributed by atoms with Crippen LogP contribution in [0.15, 0.2) is 60.9 Å². The SMILES string of the molecule is Fc1cc(F)cc(-n2ncc3c2CCC[C@@H]3NCc2cccc3ncccc23)c1. The lowest BCUT2D eigenvalue weighted by molar-refractivity contribution is 0.455. The first-order chi connectivity index (χ1) is 14.2. The Bertz CT molecular complexity index is 1160. The number of aromatic nitrogens is 3. The van der Waals surface area contributed by atoms with Crippen LogP contribution in [0.1, 0.15) is 35.7 Å². The quantitative estimate of drug-likeness (QED) is 0.541. The van der Waals surface area contributed by atoms with Crippen molar-refractivity contribution in [2.45, 2.75) is 31.8 Å². The van der Waals surface area contributed by atoms with E-state index in [1.165, 1.54) is 17.7 Å². The summed E-state index contributed by atoms with van der Waals surface area (Å²) in [5.41, 5.74) is 4.71. The summed E-state index contributed by atoms with van der Waals surface area (Å²) in [6.07, 6.45) is 6.45. The number of pyridine rings is 1. The summed E-state index contributed by atoms with van der Waals surface area (Å²) >= 11 is 0. The molecule has 1 N–H and O–H groups in total. The van der Waals surface area contributed by atoms with Gasteiger partial charge in [-0.2, -0.15) is 5.10 Å². The van der Waals surface area contributed by atoms with Crippen LogP contribution in [0.3, 0.4) is 0 Å². The molecule has 2 heterocycles. The smallest absolute Gasteiger partial charge is 0.128 e. The summed E-state index contributed by atoms with van der Waals surface area (Å²) in [5, 5.41) is 9.23. The van der Waals surface area contributed by atoms with E-state index in [-0.39, 0.29) is 6.04 Å². The summed E-state index contributed by atoms with van der Waals surface area (Å²) < 4.78 is 29.0. The second kappa shape index (κ2) is 7.37. The van der Waals surface area contributed by atoms with Crippen molar-refractivity contribution in [2.24, 2.45) is 0 Å². The minimum Gasteiger partial charge on any atom is -0.306 e. The molecule has 6 heteroatoms. The van der Waals surface area contributed by atoms with Gasteiger partial charge in [-0.25, -0.2) is 13.5 Å². The van der Waals surface area contributed by atoms with Gasteiger partial charge < -0.3 is 5.32 Å². The third-order valence-corrected chi connectivity index (χ3v) is 5.55. The van der Waals surface area contributed by atoms with E-state index in [1.54, 1.807) is 10.9 Å². The van der Waals surface area contributed by atoms with Gasteiger partial charge in [0.2, 0.25) is 0 Å². The third-order valence-electron chi connectivity index (χ3n) is 5.55. The Morgan fingerprint density at radius 1 is 1.07 bits per heavy atom. The van der Waals surface area contributed by atoms with Crippen LogP contribution < -0.4 is 5.32 Å². The van der Waals surface area contributed by atoms with Crippen molar-refractivity contribution in [2.75, 3.05) is 0 Å². The van der Waals surface area contributed by atoms with Gasteiger partial charge in [-0.15, -0.1) is 0 Å². The highest BCUT2D eigenvalue weighted by molar-refractivity contribution is 5.81. The van der Waals surface area contributed by atoms with Crippen LogP contribution in [-0.4, -0.2) is 14.8 Å². The second-order valence-corrected chi connectivity index (χ2v) is 7.40. The highest BCUT2D eigenvalue weighted by Gasteiger charge is 2.25. The lowest BCUT2D eigenvalue weighted by Gasteiger charge is -2.24. The minimum absolute atomic E-state index is 0.151. The van der Waals surface area contributed by atoms with Crippen LogP contribution in [0.4, 0.5) is 8.78 Å². The van der Waals surface area contributed by atoms with Crippen LogP contribution in [-0.2, 0) is 13.0 Å². The Morgan fingerprint density at radius 2 is 1.93 bits per heavy atom. The summed E-state index contributed by atoms with van der Waals surface area (Å²) in [6.45, 7) is 0.715. The fourth-order valence-electron chi connectivity index (χ4n) is 4.21. The average molecular weight is 390 g/mol. The lowest BCUT2D eigenvalue weighted by Crippen LogP contribution is -2.25. The highest BCUT2D eigenvalue weighted by Crippen LogP contribution is 2.32. The zero-order chi connectivity index (χ0) is 19.8. The third kappa shape index (κ3) is 3.40. The Hall–Kier alpha value is -3.12. The largest absolute Gasteiger partial charge is 0.306 e. The number of nitrogens with zero attached hydrogens (tertiary/aromatic N) is 3. The van der Waals surface area contributed by atoms with E-state index in [1.807, 2.05) is 24.4 Å². The molecule has 2 aromatic heterocycles. The van der Waals surface area contributed by atoms with Crippen LogP contribution in [0.5, 0.6) is 0 Å². The molecule has 0 amide bonds. The van der Waals surface area contributed by atoms with Gasteiger partial charge in [0.25, 0.3) is 0 Å². The maximum Gasteiger partial charge on any atom is 0.128 e. The van der Waals surface area contributed by atoms with Crippen molar-refractivity contribution < 1.29 is 8.78 Å². The van der Waals surface area contributed by atoms with Crippen LogP contribution in [0.25, 0.3) is 16.6 Å². The zero-order valence-corrected chi connectivity index (χ0v) is 15.8. The molecule has 0 fully saturated rings. The Labute approximate surface area is 167 Å². The molecule has 0 saturated heterocycles. The van der Waals surface area contributed by atoms with E-state index in [0.717, 1.165) is 47.5 Å². The zero-order valence-electron chi connectivity index (χ0n) is 15.8. The summed E-state index contributed by atoms with van der Waals surface area (Å²) in [5.74, 6) is -1.20. The normalized spacial score (nSPS) is 16.1. The van der Waals surface area contributed by atoms with Crippen molar-refractivity contribution >= 4 is 10.9 Å². The monoisotopic (exact) mass is 390 g/mol. The van der Waals surface area contributed by atoms with Gasteiger partial charge in [-0.05, 0) is 49.1 Å². The summed E-state index contributed by atoms with van der Waals surface area (Å²) in [6, 6.07) is 13.8. The number of benzene rings is 2. The minimum atomic E-state index is -0.598. The molecule has 29 heavy (non-hydrogen) atoms. The average Bonchev–Trinajstić information content (AvgIpc) is 3.16. The van der Waals surface area contributed by atoms with Gasteiger partial charge in [-0.1, -0.05) is 18.2 Å². The van der Waals surface area contributed by atoms with Crippen LogP contribution in [0, 0.1) is 11.6 Å². The first-order valence-electron chi connectivity index (χ1n) is 9.78. The number of hydrogen-bond donors (Lipinski definition) is 1. The van der Waals surface area contributed by atoms with E-state index in [4.69, 9.17) is 0 Å². The molecule has 1 aliphatic rings. The van der Waals surface area contributed by atoms with Crippen LogP contribution in [0.2, 0.25) is 0 Å². The van der Waals surface area contributed by atoms with Gasteiger partial charge in [0, 0.05) is 41.5 Å². The van der Waals surface area contributed by atoms with E-state index < -0.39 is 11.6 Å². The van der Waals surface area contributed by atoms with Gasteiger partial charge in [0.05, 0.1) is 17.4 Å². The van der Waals surface area contributed by atoms with Crippen LogP contribution >= 0.6 is 0 Å². The molecular formula is C23H20F2N4. The molecule has 4 aromatic rings. The fraction of sp³-hybridized carbons (Fsp3) is 0.217.